The third-order valence-corrected chi connectivity index (χ3v) is 4.85. The van der Waals surface area contributed by atoms with Gasteiger partial charge in [0, 0.05) is 37.4 Å². The highest BCUT2D eigenvalue weighted by Gasteiger charge is 2.30. The van der Waals surface area contributed by atoms with E-state index in [1.165, 1.54) is 16.8 Å². The van der Waals surface area contributed by atoms with Crippen molar-refractivity contribution in [2.45, 2.75) is 37.5 Å². The van der Waals surface area contributed by atoms with E-state index in [4.69, 9.17) is 10.5 Å². The zero-order valence-corrected chi connectivity index (χ0v) is 11.8. The van der Waals surface area contributed by atoms with Gasteiger partial charge in [0.25, 0.3) is 0 Å². The van der Waals surface area contributed by atoms with Crippen molar-refractivity contribution in [1.82, 2.24) is 5.32 Å². The van der Waals surface area contributed by atoms with Gasteiger partial charge in [0.15, 0.2) is 0 Å². The monoisotopic (exact) mass is 273 g/mol. The van der Waals surface area contributed by atoms with Crippen LogP contribution in [0.1, 0.15) is 17.5 Å². The molecule has 2 unspecified atom stereocenters. The molecule has 1 aliphatic carbocycles. The number of ether oxygens (including phenoxy) is 1. The van der Waals surface area contributed by atoms with Gasteiger partial charge in [-0.05, 0) is 42.5 Å². The largest absolute Gasteiger partial charge is 0.373 e. The van der Waals surface area contributed by atoms with Crippen molar-refractivity contribution in [2.75, 3.05) is 31.1 Å². The van der Waals surface area contributed by atoms with Gasteiger partial charge >= 0.3 is 0 Å². The maximum atomic E-state index is 6.06. The molecule has 1 aromatic carbocycles. The number of anilines is 1. The van der Waals surface area contributed by atoms with E-state index in [1.54, 1.807) is 0 Å². The van der Waals surface area contributed by atoms with Gasteiger partial charge in [0.1, 0.15) is 0 Å². The SMILES string of the molecule is N[C@@H]1CCc2cc(N3CC4COC(CN4)C3)ccc2C1. The molecule has 2 bridgehead atoms. The third kappa shape index (κ3) is 2.32. The van der Waals surface area contributed by atoms with Gasteiger partial charge in [0.2, 0.25) is 0 Å². The van der Waals surface area contributed by atoms with Crippen molar-refractivity contribution in [2.24, 2.45) is 5.73 Å². The highest BCUT2D eigenvalue weighted by Crippen LogP contribution is 2.27. The van der Waals surface area contributed by atoms with E-state index in [2.05, 4.69) is 28.4 Å². The Bertz CT molecular complexity index is 482. The smallest absolute Gasteiger partial charge is 0.0874 e. The first-order valence-corrected chi connectivity index (χ1v) is 7.75. The van der Waals surface area contributed by atoms with Crippen LogP contribution in [0.4, 0.5) is 5.69 Å². The molecule has 4 heteroatoms. The third-order valence-electron chi connectivity index (χ3n) is 4.85. The molecule has 0 radical (unpaired) electrons. The van der Waals surface area contributed by atoms with Crippen LogP contribution in [0, 0.1) is 0 Å². The fraction of sp³-hybridized carbons (Fsp3) is 0.625. The fourth-order valence-electron chi connectivity index (χ4n) is 3.67. The summed E-state index contributed by atoms with van der Waals surface area (Å²) in [5, 5.41) is 3.57. The first kappa shape index (κ1) is 12.6. The summed E-state index contributed by atoms with van der Waals surface area (Å²) >= 11 is 0. The summed E-state index contributed by atoms with van der Waals surface area (Å²) in [6.45, 7) is 3.89. The Morgan fingerprint density at radius 3 is 3.05 bits per heavy atom. The summed E-state index contributed by atoms with van der Waals surface area (Å²) in [4.78, 5) is 2.48. The van der Waals surface area contributed by atoms with E-state index < -0.39 is 0 Å². The molecule has 20 heavy (non-hydrogen) atoms. The molecule has 3 saturated heterocycles. The molecular formula is C16H23N3O. The molecule has 4 nitrogen and oxygen atoms in total. The van der Waals surface area contributed by atoms with E-state index in [0.717, 1.165) is 45.5 Å². The normalized spacial score (nSPS) is 32.9. The van der Waals surface area contributed by atoms with Gasteiger partial charge in [-0.25, -0.2) is 0 Å². The molecule has 0 aromatic heterocycles. The Labute approximate surface area is 120 Å². The molecule has 3 aliphatic heterocycles. The minimum atomic E-state index is 0.332. The lowest BCUT2D eigenvalue weighted by Crippen LogP contribution is -2.45. The molecule has 4 aliphatic rings. The van der Waals surface area contributed by atoms with Crippen molar-refractivity contribution < 1.29 is 4.74 Å². The van der Waals surface area contributed by atoms with Crippen LogP contribution in [-0.4, -0.2) is 44.4 Å². The van der Waals surface area contributed by atoms with E-state index in [9.17, 15) is 0 Å². The molecular weight excluding hydrogens is 250 g/mol. The maximum Gasteiger partial charge on any atom is 0.0874 e. The molecule has 3 fully saturated rings. The molecule has 5 rings (SSSR count). The zero-order chi connectivity index (χ0) is 13.5. The minimum absolute atomic E-state index is 0.332. The number of aryl methyl sites for hydroxylation is 1. The van der Waals surface area contributed by atoms with Crippen molar-refractivity contribution in [3.05, 3.63) is 29.3 Å². The van der Waals surface area contributed by atoms with Crippen molar-refractivity contribution in [1.29, 1.82) is 0 Å². The Hall–Kier alpha value is -1.10. The molecule has 0 saturated carbocycles. The van der Waals surface area contributed by atoms with Crippen molar-refractivity contribution in [3.63, 3.8) is 0 Å². The molecule has 3 atom stereocenters. The average molecular weight is 273 g/mol. The minimum Gasteiger partial charge on any atom is -0.373 e. The number of hydrogen-bond acceptors (Lipinski definition) is 4. The van der Waals surface area contributed by atoms with Gasteiger partial charge in [0.05, 0.1) is 12.7 Å². The quantitative estimate of drug-likeness (QED) is 0.790. The molecule has 0 spiro atoms. The average Bonchev–Trinajstić information content (AvgIpc) is 2.80. The van der Waals surface area contributed by atoms with Gasteiger partial charge in [-0.1, -0.05) is 6.07 Å². The Balaban J connectivity index is 1.59. The van der Waals surface area contributed by atoms with Crippen LogP contribution < -0.4 is 16.0 Å². The lowest BCUT2D eigenvalue weighted by atomic mass is 9.88. The first-order valence-electron chi connectivity index (χ1n) is 7.75. The number of nitrogens with zero attached hydrogens (tertiary/aromatic N) is 1. The lowest BCUT2D eigenvalue weighted by molar-refractivity contribution is 0.0259. The maximum absolute atomic E-state index is 6.06. The van der Waals surface area contributed by atoms with E-state index >= 15 is 0 Å². The predicted octanol–water partition coefficient (Wildman–Crippen LogP) is 0.680. The topological polar surface area (TPSA) is 50.5 Å². The number of morpholine rings is 1. The summed E-state index contributed by atoms with van der Waals surface area (Å²) in [6.07, 6.45) is 3.61. The highest BCUT2D eigenvalue weighted by molar-refractivity contribution is 5.52. The highest BCUT2D eigenvalue weighted by atomic mass is 16.5. The lowest BCUT2D eigenvalue weighted by Gasteiger charge is -2.27. The molecule has 3 heterocycles. The van der Waals surface area contributed by atoms with Crippen molar-refractivity contribution in [3.8, 4) is 0 Å². The van der Waals surface area contributed by atoms with E-state index in [0.29, 0.717) is 18.2 Å². The van der Waals surface area contributed by atoms with Crippen LogP contribution in [0.25, 0.3) is 0 Å². The second-order valence-electron chi connectivity index (χ2n) is 6.42. The summed E-state index contributed by atoms with van der Waals surface area (Å²) in [5.74, 6) is 0. The number of benzene rings is 1. The predicted molar refractivity (Wildman–Crippen MR) is 80.2 cm³/mol. The number of fused-ring (bicyclic) bond motifs is 5. The summed E-state index contributed by atoms with van der Waals surface area (Å²) in [6, 6.07) is 7.75. The molecule has 0 amide bonds. The number of hydrogen-bond donors (Lipinski definition) is 2. The fourth-order valence-corrected chi connectivity index (χ4v) is 3.67. The number of rotatable bonds is 1. The van der Waals surface area contributed by atoms with Crippen LogP contribution in [0.2, 0.25) is 0 Å². The van der Waals surface area contributed by atoms with Crippen LogP contribution in [0.5, 0.6) is 0 Å². The Morgan fingerprint density at radius 2 is 2.20 bits per heavy atom. The summed E-state index contributed by atoms with van der Waals surface area (Å²) < 4.78 is 5.86. The van der Waals surface area contributed by atoms with Crippen LogP contribution in [0.15, 0.2) is 18.2 Å². The second kappa shape index (κ2) is 5.02. The van der Waals surface area contributed by atoms with Gasteiger partial charge in [-0.3, -0.25) is 0 Å². The van der Waals surface area contributed by atoms with Crippen molar-refractivity contribution >= 4 is 5.69 Å². The van der Waals surface area contributed by atoms with E-state index in [1.807, 2.05) is 0 Å². The van der Waals surface area contributed by atoms with Crippen LogP contribution in [-0.2, 0) is 17.6 Å². The zero-order valence-electron chi connectivity index (χ0n) is 11.8. The second-order valence-corrected chi connectivity index (χ2v) is 6.42. The molecule has 1 aromatic rings. The molecule has 108 valence electrons. The number of nitrogens with one attached hydrogen (secondary N) is 1. The van der Waals surface area contributed by atoms with Crippen LogP contribution >= 0.6 is 0 Å². The van der Waals surface area contributed by atoms with Gasteiger partial charge in [-0.15, -0.1) is 0 Å². The number of nitrogens with two attached hydrogens (primary N) is 1. The van der Waals surface area contributed by atoms with Crippen LogP contribution in [0.3, 0.4) is 0 Å². The van der Waals surface area contributed by atoms with E-state index in [-0.39, 0.29) is 0 Å². The Kier molecular flexibility index (Phi) is 3.17. The van der Waals surface area contributed by atoms with Gasteiger partial charge < -0.3 is 20.7 Å². The Morgan fingerprint density at radius 1 is 1.25 bits per heavy atom. The summed E-state index contributed by atoms with van der Waals surface area (Å²) in [7, 11) is 0. The first-order chi connectivity index (χ1) is 9.78. The standard InChI is InChI=1S/C16H23N3O/c17-13-3-1-12-6-15(4-2-11(12)5-13)19-8-14-10-20-16(9-19)7-18-14/h2,4,6,13-14,16,18H,1,3,5,7-10,17H2/t13-,14?,16?/m1/s1. The van der Waals surface area contributed by atoms with Gasteiger partial charge in [-0.2, -0.15) is 0 Å². The molecule has 3 N–H and O–H groups in total. The summed E-state index contributed by atoms with van der Waals surface area (Å²) in [5.41, 5.74) is 10.4.